The number of aryl methyl sites for hydroxylation is 2. The third-order valence-corrected chi connectivity index (χ3v) is 5.83. The van der Waals surface area contributed by atoms with Crippen LogP contribution in [0, 0.1) is 19.7 Å². The summed E-state index contributed by atoms with van der Waals surface area (Å²) >= 11 is 0. The Kier molecular flexibility index (Phi) is 6.88. The van der Waals surface area contributed by atoms with Crippen molar-refractivity contribution in [1.29, 1.82) is 0 Å². The lowest BCUT2D eigenvalue weighted by Gasteiger charge is -2.14. The molecule has 0 amide bonds. The zero-order chi connectivity index (χ0) is 26.8. The molecule has 1 aromatic carbocycles. The molecule has 0 bridgehead atoms. The average Bonchev–Trinajstić information content (AvgIpc) is 3.29. The van der Waals surface area contributed by atoms with Crippen LogP contribution in [0.1, 0.15) is 16.8 Å². The van der Waals surface area contributed by atoms with Crippen molar-refractivity contribution in [3.8, 4) is 23.0 Å². The first-order valence-corrected chi connectivity index (χ1v) is 11.6. The Labute approximate surface area is 215 Å². The molecule has 0 saturated carbocycles. The lowest BCUT2D eigenvalue weighted by Crippen LogP contribution is -2.06. The van der Waals surface area contributed by atoms with Gasteiger partial charge in [0.15, 0.2) is 5.82 Å². The summed E-state index contributed by atoms with van der Waals surface area (Å²) in [4.78, 5) is 13.0. The van der Waals surface area contributed by atoms with Gasteiger partial charge in [0.05, 0.1) is 28.1 Å². The van der Waals surface area contributed by atoms with Gasteiger partial charge in [-0.05, 0) is 55.7 Å². The second-order valence-corrected chi connectivity index (χ2v) is 8.49. The highest BCUT2D eigenvalue weighted by atomic mass is 19.3. The van der Waals surface area contributed by atoms with E-state index in [2.05, 4.69) is 30.2 Å². The summed E-state index contributed by atoms with van der Waals surface area (Å²) in [6.07, 6.45) is 3.22. The number of nitrogens with one attached hydrogen (secondary N) is 1. The van der Waals surface area contributed by atoms with Crippen LogP contribution in [0.5, 0.6) is 5.88 Å². The minimum Gasteiger partial charge on any atom is -0.417 e. The van der Waals surface area contributed by atoms with Crippen molar-refractivity contribution >= 4 is 22.5 Å². The predicted molar refractivity (Wildman–Crippen MR) is 134 cm³/mol. The number of aliphatic hydroxyl groups is 1. The molecule has 0 aliphatic heterocycles. The Hall–Kier alpha value is -4.58. The Bertz CT molecular complexity index is 1610. The minimum absolute atomic E-state index is 0.140. The van der Waals surface area contributed by atoms with Gasteiger partial charge in [-0.15, -0.1) is 5.10 Å². The molecule has 4 heterocycles. The average molecular weight is 522 g/mol. The summed E-state index contributed by atoms with van der Waals surface area (Å²) in [5.74, 6) is 0.0249. The second-order valence-electron chi connectivity index (χ2n) is 8.49. The smallest absolute Gasteiger partial charge is 0.388 e. The lowest BCUT2D eigenvalue weighted by atomic mass is 10.0. The summed E-state index contributed by atoms with van der Waals surface area (Å²) in [6.45, 7) is 0.399. The monoisotopic (exact) mass is 521 g/mol. The quantitative estimate of drug-likeness (QED) is 0.296. The molecule has 0 saturated heterocycles. The van der Waals surface area contributed by atoms with E-state index < -0.39 is 12.4 Å². The number of nitrogens with zero attached hydrogens (tertiary/aromatic N) is 6. The van der Waals surface area contributed by atoms with Gasteiger partial charge in [0.1, 0.15) is 18.0 Å². The largest absolute Gasteiger partial charge is 0.417 e. The zero-order valence-corrected chi connectivity index (χ0v) is 20.4. The minimum atomic E-state index is -3.03. The van der Waals surface area contributed by atoms with E-state index in [1.807, 2.05) is 0 Å². The third-order valence-electron chi connectivity index (χ3n) is 5.83. The normalized spacial score (nSPS) is 11.3. The van der Waals surface area contributed by atoms with Crippen LogP contribution in [-0.4, -0.2) is 48.0 Å². The number of aliphatic hydroxyl groups excluding tert-OH is 1. The van der Waals surface area contributed by atoms with E-state index in [9.17, 15) is 13.9 Å². The van der Waals surface area contributed by atoms with Crippen LogP contribution in [0.25, 0.3) is 28.1 Å². The van der Waals surface area contributed by atoms with Gasteiger partial charge in [-0.3, -0.25) is 4.57 Å². The van der Waals surface area contributed by atoms with E-state index in [4.69, 9.17) is 4.98 Å². The van der Waals surface area contributed by atoms with E-state index in [-0.39, 0.29) is 24.6 Å². The molecule has 0 radical (unpaired) electrons. The molecule has 0 fully saturated rings. The van der Waals surface area contributed by atoms with Gasteiger partial charge in [-0.2, -0.15) is 13.9 Å². The summed E-state index contributed by atoms with van der Waals surface area (Å²) in [5.41, 5.74) is 4.22. The van der Waals surface area contributed by atoms with Crippen molar-refractivity contribution in [2.75, 3.05) is 11.9 Å². The Morgan fingerprint density at radius 3 is 2.63 bits per heavy atom. The summed E-state index contributed by atoms with van der Waals surface area (Å²) in [7, 11) is 0. The standard InChI is InChI=1S/C26H22F3N7O2/c1-14-12-30-24(38-26(28)29)9-17(14)25-16(7-8-37)4-6-23(33-25)36-13-31-20-11-19(18(27)10-21(20)36)32-22-5-3-15(2)34-35-22/h3-6,9-13,26,37H,7-8H2,1-2H3,(H,32,35). The molecule has 194 valence electrons. The van der Waals surface area contributed by atoms with Gasteiger partial charge in [0.25, 0.3) is 0 Å². The molecule has 0 aliphatic carbocycles. The topological polar surface area (TPSA) is 111 Å². The van der Waals surface area contributed by atoms with Gasteiger partial charge >= 0.3 is 6.61 Å². The molecule has 12 heteroatoms. The molecule has 5 aromatic rings. The van der Waals surface area contributed by atoms with E-state index in [0.717, 1.165) is 5.69 Å². The highest BCUT2D eigenvalue weighted by Crippen LogP contribution is 2.31. The second kappa shape index (κ2) is 10.4. The fourth-order valence-corrected chi connectivity index (χ4v) is 3.99. The predicted octanol–water partition coefficient (Wildman–Crippen LogP) is 4.91. The first-order chi connectivity index (χ1) is 18.3. The lowest BCUT2D eigenvalue weighted by molar-refractivity contribution is -0.0528. The molecule has 2 N–H and O–H groups in total. The van der Waals surface area contributed by atoms with Crippen LogP contribution >= 0.6 is 0 Å². The maximum atomic E-state index is 15.1. The van der Waals surface area contributed by atoms with Gasteiger partial charge in [-0.25, -0.2) is 19.3 Å². The van der Waals surface area contributed by atoms with Gasteiger partial charge in [-0.1, -0.05) is 6.07 Å². The molecule has 0 unspecified atom stereocenters. The summed E-state index contributed by atoms with van der Waals surface area (Å²) in [6, 6.07) is 11.2. The zero-order valence-electron chi connectivity index (χ0n) is 20.4. The summed E-state index contributed by atoms with van der Waals surface area (Å²) < 4.78 is 46.8. The van der Waals surface area contributed by atoms with Gasteiger partial charge in [0.2, 0.25) is 5.88 Å². The van der Waals surface area contributed by atoms with Crippen molar-refractivity contribution in [3.05, 3.63) is 77.6 Å². The van der Waals surface area contributed by atoms with Crippen molar-refractivity contribution < 1.29 is 23.0 Å². The molecule has 9 nitrogen and oxygen atoms in total. The number of alkyl halides is 2. The Balaban J connectivity index is 1.56. The highest BCUT2D eigenvalue weighted by molar-refractivity contribution is 5.82. The first kappa shape index (κ1) is 25.1. The number of fused-ring (bicyclic) bond motifs is 1. The first-order valence-electron chi connectivity index (χ1n) is 11.6. The molecule has 0 aliphatic rings. The number of rotatable bonds is 8. The number of anilines is 2. The van der Waals surface area contributed by atoms with Crippen molar-refractivity contribution in [2.45, 2.75) is 26.9 Å². The number of hydrogen-bond acceptors (Lipinski definition) is 8. The molecule has 0 atom stereocenters. The van der Waals surface area contributed by atoms with E-state index in [0.29, 0.717) is 45.1 Å². The van der Waals surface area contributed by atoms with Crippen LogP contribution in [0.4, 0.5) is 24.7 Å². The Morgan fingerprint density at radius 1 is 1.05 bits per heavy atom. The Morgan fingerprint density at radius 2 is 1.89 bits per heavy atom. The molecule has 5 rings (SSSR count). The SMILES string of the molecule is Cc1ccc(Nc2cc3ncn(-c4ccc(CCO)c(-c5cc(OC(F)F)ncc5C)n4)c3cc2F)nn1. The van der Waals surface area contributed by atoms with Crippen molar-refractivity contribution in [3.63, 3.8) is 0 Å². The number of pyridine rings is 2. The van der Waals surface area contributed by atoms with Crippen LogP contribution in [0.3, 0.4) is 0 Å². The molecule has 38 heavy (non-hydrogen) atoms. The van der Waals surface area contributed by atoms with Crippen molar-refractivity contribution in [1.82, 2.24) is 29.7 Å². The van der Waals surface area contributed by atoms with Crippen LogP contribution in [0.2, 0.25) is 0 Å². The maximum Gasteiger partial charge on any atom is 0.388 e. The van der Waals surface area contributed by atoms with Gasteiger partial charge < -0.3 is 15.2 Å². The van der Waals surface area contributed by atoms with Crippen LogP contribution in [0.15, 0.2) is 55.0 Å². The number of aromatic nitrogens is 6. The molecule has 0 spiro atoms. The summed E-state index contributed by atoms with van der Waals surface area (Å²) in [5, 5.41) is 20.4. The fraction of sp³-hybridized carbons (Fsp3) is 0.192. The van der Waals surface area contributed by atoms with Crippen LogP contribution in [-0.2, 0) is 6.42 Å². The number of halogens is 3. The van der Waals surface area contributed by atoms with Crippen LogP contribution < -0.4 is 10.1 Å². The molecule has 4 aromatic heterocycles. The van der Waals surface area contributed by atoms with E-state index in [1.54, 1.807) is 48.7 Å². The number of imidazole rings is 1. The number of hydrogen-bond donors (Lipinski definition) is 2. The van der Waals surface area contributed by atoms with E-state index >= 15 is 4.39 Å². The number of benzene rings is 1. The molecular formula is C26H22F3N7O2. The third kappa shape index (κ3) is 5.11. The molecular weight excluding hydrogens is 499 g/mol. The number of ether oxygens (including phenoxy) is 1. The fourth-order valence-electron chi connectivity index (χ4n) is 3.99. The van der Waals surface area contributed by atoms with Crippen molar-refractivity contribution in [2.24, 2.45) is 0 Å². The highest BCUT2D eigenvalue weighted by Gasteiger charge is 2.17. The van der Waals surface area contributed by atoms with E-state index in [1.165, 1.54) is 24.7 Å². The maximum absolute atomic E-state index is 15.1. The van der Waals surface area contributed by atoms with Gasteiger partial charge in [0, 0.05) is 30.5 Å².